The van der Waals surface area contributed by atoms with Gasteiger partial charge in [0.15, 0.2) is 0 Å². The zero-order valence-corrected chi connectivity index (χ0v) is 8.30. The Kier molecular flexibility index (Phi) is 3.96. The lowest BCUT2D eigenvalue weighted by Gasteiger charge is -2.19. The summed E-state index contributed by atoms with van der Waals surface area (Å²) in [5.74, 6) is -0.151. The molecule has 13 heavy (non-hydrogen) atoms. The van der Waals surface area contributed by atoms with Gasteiger partial charge in [0.25, 0.3) is 0 Å². The van der Waals surface area contributed by atoms with Crippen LogP contribution >= 0.6 is 0 Å². The highest BCUT2D eigenvalue weighted by molar-refractivity contribution is 5.88. The van der Waals surface area contributed by atoms with Crippen molar-refractivity contribution in [2.45, 2.75) is 32.2 Å². The Hall–Kier alpha value is -0.830. The van der Waals surface area contributed by atoms with Crippen molar-refractivity contribution in [2.75, 3.05) is 13.7 Å². The number of rotatable bonds is 3. The first kappa shape index (κ1) is 10.3. The van der Waals surface area contributed by atoms with Gasteiger partial charge in [-0.3, -0.25) is 0 Å². The molecule has 0 fully saturated rings. The van der Waals surface area contributed by atoms with E-state index in [0.717, 1.165) is 24.8 Å². The lowest BCUT2D eigenvalue weighted by Crippen LogP contribution is -2.27. The van der Waals surface area contributed by atoms with Crippen LogP contribution in [0.25, 0.3) is 0 Å². The van der Waals surface area contributed by atoms with Gasteiger partial charge >= 0.3 is 5.97 Å². The van der Waals surface area contributed by atoms with E-state index in [4.69, 9.17) is 4.74 Å². The second-order valence-corrected chi connectivity index (χ2v) is 3.20. The normalized spacial score (nSPS) is 22.3. The summed E-state index contributed by atoms with van der Waals surface area (Å²) in [7, 11) is 1.91. The molecule has 1 atom stereocenters. The van der Waals surface area contributed by atoms with Gasteiger partial charge in [-0.25, -0.2) is 4.79 Å². The zero-order valence-electron chi connectivity index (χ0n) is 8.30. The molecule has 0 radical (unpaired) electrons. The predicted molar refractivity (Wildman–Crippen MR) is 51.4 cm³/mol. The molecule has 0 aromatic heterocycles. The van der Waals surface area contributed by atoms with Crippen molar-refractivity contribution >= 4 is 5.97 Å². The summed E-state index contributed by atoms with van der Waals surface area (Å²) in [6.45, 7) is 2.29. The maximum Gasteiger partial charge on any atom is 0.333 e. The third kappa shape index (κ3) is 2.84. The number of hydrogen-bond acceptors (Lipinski definition) is 3. The van der Waals surface area contributed by atoms with Crippen molar-refractivity contribution in [3.8, 4) is 0 Å². The minimum absolute atomic E-state index is 0.151. The molecule has 3 heteroatoms. The SMILES string of the molecule is CCOC(=O)C1=C[C@@H](NC)CCC1. The molecule has 0 amide bonds. The highest BCUT2D eigenvalue weighted by Gasteiger charge is 2.17. The second kappa shape index (κ2) is 5.02. The number of ether oxygens (including phenoxy) is 1. The van der Waals surface area contributed by atoms with Gasteiger partial charge in [0.2, 0.25) is 0 Å². The lowest BCUT2D eigenvalue weighted by atomic mass is 9.96. The summed E-state index contributed by atoms with van der Waals surface area (Å²) >= 11 is 0. The molecule has 3 nitrogen and oxygen atoms in total. The Morgan fingerprint density at radius 2 is 2.54 bits per heavy atom. The van der Waals surface area contributed by atoms with Gasteiger partial charge in [-0.2, -0.15) is 0 Å². The van der Waals surface area contributed by atoms with Crippen LogP contribution in [-0.4, -0.2) is 25.7 Å². The minimum atomic E-state index is -0.151. The summed E-state index contributed by atoms with van der Waals surface area (Å²) in [6, 6.07) is 0.341. The Balaban J connectivity index is 2.57. The van der Waals surface area contributed by atoms with Gasteiger partial charge in [-0.15, -0.1) is 0 Å². The van der Waals surface area contributed by atoms with Gasteiger partial charge < -0.3 is 10.1 Å². The van der Waals surface area contributed by atoms with Crippen molar-refractivity contribution in [1.29, 1.82) is 0 Å². The van der Waals surface area contributed by atoms with Crippen LogP contribution in [0.15, 0.2) is 11.6 Å². The fourth-order valence-electron chi connectivity index (χ4n) is 1.54. The fourth-order valence-corrected chi connectivity index (χ4v) is 1.54. The van der Waals surface area contributed by atoms with Crippen molar-refractivity contribution < 1.29 is 9.53 Å². The van der Waals surface area contributed by atoms with Gasteiger partial charge in [-0.1, -0.05) is 6.08 Å². The van der Waals surface area contributed by atoms with E-state index < -0.39 is 0 Å². The van der Waals surface area contributed by atoms with Crippen LogP contribution in [0.4, 0.5) is 0 Å². The molecule has 0 aliphatic heterocycles. The molecular weight excluding hydrogens is 166 g/mol. The zero-order chi connectivity index (χ0) is 9.68. The first-order valence-electron chi connectivity index (χ1n) is 4.83. The number of carbonyl (C=O) groups is 1. The fraction of sp³-hybridized carbons (Fsp3) is 0.700. The van der Waals surface area contributed by atoms with E-state index in [1.54, 1.807) is 0 Å². The molecule has 0 bridgehead atoms. The number of nitrogens with one attached hydrogen (secondary N) is 1. The molecule has 0 aromatic rings. The van der Waals surface area contributed by atoms with Gasteiger partial charge in [0.05, 0.1) is 6.61 Å². The first-order chi connectivity index (χ1) is 6.27. The molecule has 0 aromatic carbocycles. The Bertz CT molecular complexity index is 211. The maximum atomic E-state index is 11.3. The molecule has 1 aliphatic carbocycles. The van der Waals surface area contributed by atoms with Crippen LogP contribution in [-0.2, 0) is 9.53 Å². The summed E-state index contributed by atoms with van der Waals surface area (Å²) in [6.07, 6.45) is 5.02. The van der Waals surface area contributed by atoms with Crippen molar-refractivity contribution in [3.05, 3.63) is 11.6 Å². The number of likely N-dealkylation sites (N-methyl/N-ethyl adjacent to an activating group) is 1. The van der Waals surface area contributed by atoms with Crippen LogP contribution in [0, 0.1) is 0 Å². The largest absolute Gasteiger partial charge is 0.463 e. The average Bonchev–Trinajstić information content (AvgIpc) is 2.18. The van der Waals surface area contributed by atoms with Crippen LogP contribution in [0.1, 0.15) is 26.2 Å². The Morgan fingerprint density at radius 1 is 1.77 bits per heavy atom. The van der Waals surface area contributed by atoms with E-state index in [9.17, 15) is 4.79 Å². The molecular formula is C10H17NO2. The van der Waals surface area contributed by atoms with E-state index in [0.29, 0.717) is 12.6 Å². The summed E-state index contributed by atoms with van der Waals surface area (Å²) in [5.41, 5.74) is 0.826. The van der Waals surface area contributed by atoms with Gasteiger partial charge in [0.1, 0.15) is 0 Å². The van der Waals surface area contributed by atoms with Crippen molar-refractivity contribution in [2.24, 2.45) is 0 Å². The van der Waals surface area contributed by atoms with E-state index in [1.807, 2.05) is 20.0 Å². The molecule has 0 saturated carbocycles. The molecule has 0 saturated heterocycles. The first-order valence-corrected chi connectivity index (χ1v) is 4.83. The number of carbonyl (C=O) groups excluding carboxylic acids is 1. The number of esters is 1. The molecule has 1 N–H and O–H groups in total. The Morgan fingerprint density at radius 3 is 3.15 bits per heavy atom. The van der Waals surface area contributed by atoms with E-state index in [2.05, 4.69) is 5.32 Å². The lowest BCUT2D eigenvalue weighted by molar-refractivity contribution is -0.138. The molecule has 0 unspecified atom stereocenters. The van der Waals surface area contributed by atoms with E-state index >= 15 is 0 Å². The minimum Gasteiger partial charge on any atom is -0.463 e. The smallest absolute Gasteiger partial charge is 0.333 e. The second-order valence-electron chi connectivity index (χ2n) is 3.20. The summed E-state index contributed by atoms with van der Waals surface area (Å²) in [5, 5.41) is 3.15. The van der Waals surface area contributed by atoms with Crippen LogP contribution in [0.2, 0.25) is 0 Å². The van der Waals surface area contributed by atoms with Crippen molar-refractivity contribution in [3.63, 3.8) is 0 Å². The monoisotopic (exact) mass is 183 g/mol. The predicted octanol–water partition coefficient (Wildman–Crippen LogP) is 1.25. The quantitative estimate of drug-likeness (QED) is 0.669. The van der Waals surface area contributed by atoms with Crippen LogP contribution in [0.3, 0.4) is 0 Å². The molecule has 1 aliphatic rings. The van der Waals surface area contributed by atoms with Gasteiger partial charge in [-0.05, 0) is 33.2 Å². The summed E-state index contributed by atoms with van der Waals surface area (Å²) in [4.78, 5) is 11.3. The maximum absolute atomic E-state index is 11.3. The molecule has 0 heterocycles. The highest BCUT2D eigenvalue weighted by atomic mass is 16.5. The molecule has 1 rings (SSSR count). The highest BCUT2D eigenvalue weighted by Crippen LogP contribution is 2.18. The van der Waals surface area contributed by atoms with Crippen molar-refractivity contribution in [1.82, 2.24) is 5.32 Å². The van der Waals surface area contributed by atoms with E-state index in [1.165, 1.54) is 0 Å². The average molecular weight is 183 g/mol. The molecule has 74 valence electrons. The molecule has 0 spiro atoms. The summed E-state index contributed by atoms with van der Waals surface area (Å²) < 4.78 is 4.94. The van der Waals surface area contributed by atoms with Crippen LogP contribution in [0.5, 0.6) is 0 Å². The standard InChI is InChI=1S/C10H17NO2/c1-3-13-10(12)8-5-4-6-9(7-8)11-2/h7,9,11H,3-6H2,1-2H3/t9-/m0/s1. The topological polar surface area (TPSA) is 38.3 Å². The number of hydrogen-bond donors (Lipinski definition) is 1. The third-order valence-corrected chi connectivity index (χ3v) is 2.27. The third-order valence-electron chi connectivity index (χ3n) is 2.27. The van der Waals surface area contributed by atoms with Crippen LogP contribution < -0.4 is 5.32 Å². The Labute approximate surface area is 79.2 Å². The van der Waals surface area contributed by atoms with E-state index in [-0.39, 0.29) is 5.97 Å². The van der Waals surface area contributed by atoms with Gasteiger partial charge in [0, 0.05) is 11.6 Å².